The molecule has 0 aromatic heterocycles. The van der Waals surface area contributed by atoms with Crippen LogP contribution >= 0.6 is 15.9 Å². The van der Waals surface area contributed by atoms with Crippen LogP contribution in [-0.2, 0) is 19.3 Å². The van der Waals surface area contributed by atoms with E-state index < -0.39 is 0 Å². The normalized spacial score (nSPS) is 17.6. The molecule has 0 spiro atoms. The number of Topliss-reactive ketones (excluding diaryl/α,β-unsaturated/α-hetero) is 1. The van der Waals surface area contributed by atoms with Crippen molar-refractivity contribution in [2.75, 3.05) is 0 Å². The summed E-state index contributed by atoms with van der Waals surface area (Å²) in [6.45, 7) is 2.17. The van der Waals surface area contributed by atoms with E-state index >= 15 is 0 Å². The van der Waals surface area contributed by atoms with E-state index in [9.17, 15) is 4.79 Å². The molecule has 108 valence electrons. The molecule has 0 saturated heterocycles. The van der Waals surface area contributed by atoms with Crippen LogP contribution in [0.4, 0.5) is 0 Å². The lowest BCUT2D eigenvalue weighted by Crippen LogP contribution is -2.24. The molecule has 1 atom stereocenters. The Labute approximate surface area is 134 Å². The monoisotopic (exact) mass is 342 g/mol. The van der Waals surface area contributed by atoms with Crippen molar-refractivity contribution >= 4 is 21.7 Å². The molecule has 0 radical (unpaired) electrons. The number of fused-ring (bicyclic) bond motifs is 1. The minimum Gasteiger partial charge on any atom is -0.294 e. The lowest BCUT2D eigenvalue weighted by molar-refractivity contribution is 0.0901. The SMILES string of the molecule is CCc1ccccc1CC1CCc2ccc(Br)cc2C1=O. The fourth-order valence-corrected chi connectivity index (χ4v) is 3.60. The van der Waals surface area contributed by atoms with Crippen LogP contribution < -0.4 is 0 Å². The summed E-state index contributed by atoms with van der Waals surface area (Å²) in [5.74, 6) is 0.433. The van der Waals surface area contributed by atoms with E-state index in [0.717, 1.165) is 35.7 Å². The molecule has 1 unspecified atom stereocenters. The molecular weight excluding hydrogens is 324 g/mol. The Morgan fingerprint density at radius 1 is 1.14 bits per heavy atom. The van der Waals surface area contributed by atoms with E-state index in [2.05, 4.69) is 53.2 Å². The van der Waals surface area contributed by atoms with E-state index in [-0.39, 0.29) is 5.92 Å². The third-order valence-corrected chi connectivity index (χ3v) is 4.93. The number of carbonyl (C=O) groups excluding carboxylic acids is 1. The molecule has 21 heavy (non-hydrogen) atoms. The zero-order valence-electron chi connectivity index (χ0n) is 12.2. The number of aryl methyl sites for hydroxylation is 2. The van der Waals surface area contributed by atoms with Crippen LogP contribution in [0.2, 0.25) is 0 Å². The maximum absolute atomic E-state index is 12.8. The lowest BCUT2D eigenvalue weighted by atomic mass is 9.79. The lowest BCUT2D eigenvalue weighted by Gasteiger charge is -2.24. The zero-order chi connectivity index (χ0) is 14.8. The summed E-state index contributed by atoms with van der Waals surface area (Å²) >= 11 is 3.48. The van der Waals surface area contributed by atoms with E-state index in [1.807, 2.05) is 12.1 Å². The number of rotatable bonds is 3. The van der Waals surface area contributed by atoms with Gasteiger partial charge in [0.25, 0.3) is 0 Å². The summed E-state index contributed by atoms with van der Waals surface area (Å²) in [5, 5.41) is 0. The van der Waals surface area contributed by atoms with Crippen molar-refractivity contribution in [3.63, 3.8) is 0 Å². The topological polar surface area (TPSA) is 17.1 Å². The second-order valence-corrected chi connectivity index (χ2v) is 6.64. The quantitative estimate of drug-likeness (QED) is 0.767. The number of benzene rings is 2. The first-order valence-corrected chi connectivity index (χ1v) is 8.37. The molecule has 0 fully saturated rings. The summed E-state index contributed by atoms with van der Waals surface area (Å²) in [5.41, 5.74) is 4.81. The van der Waals surface area contributed by atoms with Gasteiger partial charge in [-0.05, 0) is 54.5 Å². The van der Waals surface area contributed by atoms with E-state index in [1.165, 1.54) is 16.7 Å². The van der Waals surface area contributed by atoms with E-state index in [0.29, 0.717) is 5.78 Å². The number of hydrogen-bond donors (Lipinski definition) is 0. The van der Waals surface area contributed by atoms with Crippen LogP contribution in [0.5, 0.6) is 0 Å². The Hall–Kier alpha value is -1.41. The predicted octanol–water partition coefficient (Wildman–Crippen LogP) is 5.00. The smallest absolute Gasteiger partial charge is 0.166 e. The Balaban J connectivity index is 1.87. The first-order chi connectivity index (χ1) is 10.2. The molecule has 0 heterocycles. The highest BCUT2D eigenvalue weighted by atomic mass is 79.9. The molecule has 0 N–H and O–H groups in total. The highest BCUT2D eigenvalue weighted by molar-refractivity contribution is 9.10. The molecule has 1 aliphatic carbocycles. The summed E-state index contributed by atoms with van der Waals surface area (Å²) < 4.78 is 0.990. The molecule has 1 aliphatic rings. The van der Waals surface area contributed by atoms with Gasteiger partial charge in [0.15, 0.2) is 5.78 Å². The fourth-order valence-electron chi connectivity index (χ4n) is 3.24. The standard InChI is InChI=1S/C19H19BrO/c1-2-13-5-3-4-6-15(13)11-16-8-7-14-9-10-17(20)12-18(14)19(16)21/h3-6,9-10,12,16H,2,7-8,11H2,1H3. The van der Waals surface area contributed by atoms with Gasteiger partial charge in [0.2, 0.25) is 0 Å². The summed E-state index contributed by atoms with van der Waals surface area (Å²) in [7, 11) is 0. The minimum atomic E-state index is 0.125. The Kier molecular flexibility index (Phi) is 4.25. The summed E-state index contributed by atoms with van der Waals surface area (Å²) in [6, 6.07) is 14.6. The molecule has 3 rings (SSSR count). The van der Waals surface area contributed by atoms with Gasteiger partial charge in [0.05, 0.1) is 0 Å². The first-order valence-electron chi connectivity index (χ1n) is 7.58. The van der Waals surface area contributed by atoms with Crippen molar-refractivity contribution in [2.24, 2.45) is 5.92 Å². The molecule has 0 saturated carbocycles. The second kappa shape index (κ2) is 6.15. The number of hydrogen-bond acceptors (Lipinski definition) is 1. The molecule has 2 aromatic carbocycles. The van der Waals surface area contributed by atoms with Gasteiger partial charge < -0.3 is 0 Å². The fraction of sp³-hybridized carbons (Fsp3) is 0.316. The maximum Gasteiger partial charge on any atom is 0.166 e. The molecule has 2 heteroatoms. The summed E-state index contributed by atoms with van der Waals surface area (Å²) in [4.78, 5) is 12.8. The van der Waals surface area contributed by atoms with Crippen LogP contribution in [-0.4, -0.2) is 5.78 Å². The molecule has 1 nitrogen and oxygen atoms in total. The molecule has 0 bridgehead atoms. The van der Waals surface area contributed by atoms with Crippen LogP contribution in [0.25, 0.3) is 0 Å². The van der Waals surface area contributed by atoms with Crippen molar-refractivity contribution < 1.29 is 4.79 Å². The Morgan fingerprint density at radius 3 is 2.67 bits per heavy atom. The molecular formula is C19H19BrO. The van der Waals surface area contributed by atoms with Gasteiger partial charge in [-0.3, -0.25) is 4.79 Å². The Bertz CT molecular complexity index is 675. The van der Waals surface area contributed by atoms with Gasteiger partial charge in [-0.2, -0.15) is 0 Å². The zero-order valence-corrected chi connectivity index (χ0v) is 13.8. The third kappa shape index (κ3) is 2.96. The van der Waals surface area contributed by atoms with Gasteiger partial charge >= 0.3 is 0 Å². The summed E-state index contributed by atoms with van der Waals surface area (Å²) in [6.07, 6.45) is 3.87. The van der Waals surface area contributed by atoms with Gasteiger partial charge in [0.1, 0.15) is 0 Å². The second-order valence-electron chi connectivity index (χ2n) is 5.73. The largest absolute Gasteiger partial charge is 0.294 e. The Morgan fingerprint density at radius 2 is 1.90 bits per heavy atom. The van der Waals surface area contributed by atoms with E-state index in [4.69, 9.17) is 0 Å². The highest BCUT2D eigenvalue weighted by Crippen LogP contribution is 2.30. The van der Waals surface area contributed by atoms with Crippen LogP contribution in [0.15, 0.2) is 46.9 Å². The van der Waals surface area contributed by atoms with Crippen molar-refractivity contribution in [1.29, 1.82) is 0 Å². The van der Waals surface area contributed by atoms with Crippen molar-refractivity contribution in [3.05, 3.63) is 69.2 Å². The number of ketones is 1. The molecule has 0 amide bonds. The van der Waals surface area contributed by atoms with Crippen molar-refractivity contribution in [2.45, 2.75) is 32.6 Å². The maximum atomic E-state index is 12.8. The van der Waals surface area contributed by atoms with E-state index in [1.54, 1.807) is 0 Å². The predicted molar refractivity (Wildman–Crippen MR) is 89.8 cm³/mol. The molecule has 0 aliphatic heterocycles. The average Bonchev–Trinajstić information content (AvgIpc) is 2.51. The van der Waals surface area contributed by atoms with Crippen LogP contribution in [0, 0.1) is 5.92 Å². The number of carbonyl (C=O) groups is 1. The third-order valence-electron chi connectivity index (χ3n) is 4.44. The average molecular weight is 343 g/mol. The number of halogens is 1. The van der Waals surface area contributed by atoms with Crippen LogP contribution in [0.1, 0.15) is 40.4 Å². The van der Waals surface area contributed by atoms with Crippen LogP contribution in [0.3, 0.4) is 0 Å². The van der Waals surface area contributed by atoms with Gasteiger partial charge in [-0.15, -0.1) is 0 Å². The highest BCUT2D eigenvalue weighted by Gasteiger charge is 2.27. The van der Waals surface area contributed by atoms with Gasteiger partial charge in [0, 0.05) is 16.0 Å². The van der Waals surface area contributed by atoms with Crippen molar-refractivity contribution in [1.82, 2.24) is 0 Å². The first kappa shape index (κ1) is 14.5. The van der Waals surface area contributed by atoms with Gasteiger partial charge in [-0.1, -0.05) is 53.2 Å². The molecule has 2 aromatic rings. The minimum absolute atomic E-state index is 0.125. The van der Waals surface area contributed by atoms with Crippen molar-refractivity contribution in [3.8, 4) is 0 Å². The van der Waals surface area contributed by atoms with Gasteiger partial charge in [-0.25, -0.2) is 0 Å².